The molecule has 3 fully saturated rings. The van der Waals surface area contributed by atoms with Crippen LogP contribution in [0.3, 0.4) is 0 Å². The lowest BCUT2D eigenvalue weighted by Gasteiger charge is -2.52. The minimum Gasteiger partial charge on any atom is -0.497 e. The number of hydrogen-bond donors (Lipinski definition) is 0. The zero-order valence-electron chi connectivity index (χ0n) is 21.6. The minimum absolute atomic E-state index is 0.0156. The van der Waals surface area contributed by atoms with Crippen LogP contribution in [-0.2, 0) is 12.1 Å². The van der Waals surface area contributed by atoms with Crippen LogP contribution in [0.25, 0.3) is 0 Å². The molecule has 5 nitrogen and oxygen atoms in total. The number of urea groups is 1. The molecule has 2 aromatic rings. The lowest BCUT2D eigenvalue weighted by Crippen LogP contribution is -2.57. The highest BCUT2D eigenvalue weighted by Crippen LogP contribution is 2.51. The molecule has 1 spiro atoms. The molecule has 0 aromatic heterocycles. The Kier molecular flexibility index (Phi) is 6.48. The second kappa shape index (κ2) is 9.33. The van der Waals surface area contributed by atoms with Gasteiger partial charge in [-0.1, -0.05) is 42.5 Å². The van der Waals surface area contributed by atoms with Gasteiger partial charge in [0.2, 0.25) is 5.92 Å². The average Bonchev–Trinajstić information content (AvgIpc) is 3.10. The number of methoxy groups -OCH3 is 1. The van der Waals surface area contributed by atoms with E-state index in [-0.39, 0.29) is 35.9 Å². The predicted molar refractivity (Wildman–Crippen MR) is 136 cm³/mol. The molecule has 0 bridgehead atoms. The van der Waals surface area contributed by atoms with Crippen molar-refractivity contribution in [3.8, 4) is 5.75 Å². The molecule has 1 saturated heterocycles. The molecule has 194 valence electrons. The molecule has 7 heteroatoms. The first-order valence-electron chi connectivity index (χ1n) is 13.0. The van der Waals surface area contributed by atoms with Crippen molar-refractivity contribution < 1.29 is 18.3 Å². The zero-order chi connectivity index (χ0) is 25.6. The highest BCUT2D eigenvalue weighted by molar-refractivity contribution is 5.78. The summed E-state index contributed by atoms with van der Waals surface area (Å²) < 4.78 is 32.6. The smallest absolute Gasteiger partial charge is 0.320 e. The van der Waals surface area contributed by atoms with Gasteiger partial charge in [-0.15, -0.1) is 0 Å². The number of rotatable bonds is 7. The molecule has 0 radical (unpaired) electrons. The van der Waals surface area contributed by atoms with E-state index in [1.54, 1.807) is 7.11 Å². The largest absolute Gasteiger partial charge is 0.497 e. The summed E-state index contributed by atoms with van der Waals surface area (Å²) in [5, 5.41) is 0. The Morgan fingerprint density at radius 3 is 2.17 bits per heavy atom. The highest BCUT2D eigenvalue weighted by Gasteiger charge is 2.56. The third-order valence-corrected chi connectivity index (χ3v) is 8.88. The number of ether oxygens (including phenoxy) is 1. The summed E-state index contributed by atoms with van der Waals surface area (Å²) in [6, 6.07) is 18.4. The Balaban J connectivity index is 1.39. The van der Waals surface area contributed by atoms with E-state index in [2.05, 4.69) is 43.3 Å². The summed E-state index contributed by atoms with van der Waals surface area (Å²) >= 11 is 0. The van der Waals surface area contributed by atoms with Crippen molar-refractivity contribution >= 4 is 6.03 Å². The van der Waals surface area contributed by atoms with Gasteiger partial charge < -0.3 is 14.5 Å². The van der Waals surface area contributed by atoms with E-state index in [9.17, 15) is 13.6 Å². The van der Waals surface area contributed by atoms with Crippen LogP contribution in [0.1, 0.15) is 49.7 Å². The quantitative estimate of drug-likeness (QED) is 0.489. The number of alkyl halides is 2. The van der Waals surface area contributed by atoms with Crippen LogP contribution in [0.5, 0.6) is 5.75 Å². The summed E-state index contributed by atoms with van der Waals surface area (Å²) in [4.78, 5) is 19.9. The van der Waals surface area contributed by atoms with Crippen molar-refractivity contribution in [2.75, 3.05) is 34.3 Å². The van der Waals surface area contributed by atoms with E-state index in [4.69, 9.17) is 4.74 Å². The molecule has 2 aliphatic carbocycles. The Hall–Kier alpha value is -2.67. The number of amides is 2. The molecule has 5 rings (SSSR count). The number of carbonyl (C=O) groups excluding carboxylic acids is 1. The van der Waals surface area contributed by atoms with Crippen molar-refractivity contribution in [1.82, 2.24) is 14.7 Å². The van der Waals surface area contributed by atoms with E-state index in [0.29, 0.717) is 19.6 Å². The van der Waals surface area contributed by atoms with Gasteiger partial charge in [-0.2, -0.15) is 0 Å². The van der Waals surface area contributed by atoms with Crippen molar-refractivity contribution in [1.29, 1.82) is 0 Å². The third-order valence-electron chi connectivity index (χ3n) is 8.88. The van der Waals surface area contributed by atoms with Crippen LogP contribution in [-0.4, -0.2) is 66.5 Å². The van der Waals surface area contributed by atoms with Crippen LogP contribution in [0, 0.1) is 5.92 Å². The topological polar surface area (TPSA) is 36.0 Å². The summed E-state index contributed by atoms with van der Waals surface area (Å²) in [6.45, 7) is 1.58. The van der Waals surface area contributed by atoms with Crippen LogP contribution in [0.2, 0.25) is 0 Å². The van der Waals surface area contributed by atoms with Gasteiger partial charge in [0.05, 0.1) is 12.6 Å². The van der Waals surface area contributed by atoms with Gasteiger partial charge in [-0.3, -0.25) is 4.90 Å². The number of hydrogen-bond acceptors (Lipinski definition) is 3. The second-order valence-corrected chi connectivity index (χ2v) is 11.2. The molecule has 1 aliphatic heterocycles. The fourth-order valence-electron chi connectivity index (χ4n) is 6.70. The Morgan fingerprint density at radius 2 is 1.61 bits per heavy atom. The Bertz CT molecular complexity index is 1060. The molecule has 0 unspecified atom stereocenters. The van der Waals surface area contributed by atoms with E-state index >= 15 is 0 Å². The van der Waals surface area contributed by atoms with Gasteiger partial charge in [-0.05, 0) is 69.0 Å². The van der Waals surface area contributed by atoms with Crippen LogP contribution >= 0.6 is 0 Å². The number of benzene rings is 2. The van der Waals surface area contributed by atoms with Crippen molar-refractivity contribution in [2.24, 2.45) is 5.92 Å². The molecule has 0 atom stereocenters. The predicted octanol–water partition coefficient (Wildman–Crippen LogP) is 5.75. The Labute approximate surface area is 213 Å². The molecule has 36 heavy (non-hydrogen) atoms. The molecule has 0 N–H and O–H groups in total. The van der Waals surface area contributed by atoms with Crippen LogP contribution < -0.4 is 4.74 Å². The molecular weight excluding hydrogens is 460 g/mol. The fraction of sp³-hybridized carbons (Fsp3) is 0.552. The summed E-state index contributed by atoms with van der Waals surface area (Å²) in [7, 11) is 5.90. The van der Waals surface area contributed by atoms with Crippen molar-refractivity contribution in [3.05, 3.63) is 65.7 Å². The second-order valence-electron chi connectivity index (χ2n) is 11.2. The van der Waals surface area contributed by atoms with Gasteiger partial charge >= 0.3 is 6.03 Å². The normalized spacial score (nSPS) is 22.8. The lowest BCUT2D eigenvalue weighted by molar-refractivity contribution is -0.118. The molecule has 2 saturated carbocycles. The van der Waals surface area contributed by atoms with Crippen LogP contribution in [0.4, 0.5) is 13.6 Å². The van der Waals surface area contributed by atoms with Crippen LogP contribution in [0.15, 0.2) is 54.6 Å². The number of carbonyl (C=O) groups is 1. The summed E-state index contributed by atoms with van der Waals surface area (Å²) in [6.07, 6.45) is 3.33. The van der Waals surface area contributed by atoms with Crippen molar-refractivity contribution in [2.45, 2.75) is 62.1 Å². The van der Waals surface area contributed by atoms with Gasteiger partial charge in [0, 0.05) is 38.0 Å². The Morgan fingerprint density at radius 1 is 0.972 bits per heavy atom. The molecule has 1 heterocycles. The minimum atomic E-state index is -2.58. The number of nitrogens with zero attached hydrogens (tertiary/aromatic N) is 3. The maximum absolute atomic E-state index is 13.7. The molecule has 2 amide bonds. The highest BCUT2D eigenvalue weighted by atomic mass is 19.3. The molecule has 3 aliphatic rings. The fourth-order valence-corrected chi connectivity index (χ4v) is 6.70. The molecular formula is C29H37F2N3O2. The van der Waals surface area contributed by atoms with E-state index in [1.807, 2.05) is 40.1 Å². The standard InChI is InChI=1S/C29H37F2N3O2/c1-32(2)28(24-7-5-4-6-8-24)15-13-27(14-16-28)21-33(19-22-9-11-25(36-3)12-10-22)26(35)34(27)20-23-17-29(30,31)18-23/h4-12,23H,13-21H2,1-3H3. The SMILES string of the molecule is COc1ccc(CN2CC3(CCC(c4ccccc4)(N(C)C)CC3)N(CC3CC(F)(F)C3)C2=O)cc1. The lowest BCUT2D eigenvalue weighted by atomic mass is 9.68. The average molecular weight is 498 g/mol. The van der Waals surface area contributed by atoms with Gasteiger partial charge in [0.15, 0.2) is 0 Å². The maximum Gasteiger partial charge on any atom is 0.320 e. The zero-order valence-corrected chi connectivity index (χ0v) is 21.6. The summed E-state index contributed by atoms with van der Waals surface area (Å²) in [5.74, 6) is -1.93. The van der Waals surface area contributed by atoms with Gasteiger partial charge in [0.1, 0.15) is 5.75 Å². The van der Waals surface area contributed by atoms with E-state index in [0.717, 1.165) is 37.0 Å². The number of halogens is 2. The van der Waals surface area contributed by atoms with Gasteiger partial charge in [0.25, 0.3) is 0 Å². The molecule has 2 aromatic carbocycles. The first-order valence-corrected chi connectivity index (χ1v) is 13.0. The van der Waals surface area contributed by atoms with E-state index < -0.39 is 5.92 Å². The van der Waals surface area contributed by atoms with E-state index in [1.165, 1.54) is 5.56 Å². The summed E-state index contributed by atoms with van der Waals surface area (Å²) in [5.41, 5.74) is 1.94. The maximum atomic E-state index is 13.7. The monoisotopic (exact) mass is 497 g/mol. The van der Waals surface area contributed by atoms with Gasteiger partial charge in [-0.25, -0.2) is 13.6 Å². The van der Waals surface area contributed by atoms with Crippen molar-refractivity contribution in [3.63, 3.8) is 0 Å². The first kappa shape index (κ1) is 25.0. The first-order chi connectivity index (χ1) is 17.2. The third kappa shape index (κ3) is 4.47.